The number of nitrogens with zero attached hydrogens (tertiary/aromatic N) is 1. The Labute approximate surface area is 149 Å². The van der Waals surface area contributed by atoms with Gasteiger partial charge in [0, 0.05) is 22.4 Å². The first kappa shape index (κ1) is 16.0. The molecule has 0 spiro atoms. The van der Waals surface area contributed by atoms with Crippen molar-refractivity contribution in [2.75, 3.05) is 0 Å². The van der Waals surface area contributed by atoms with Crippen LogP contribution in [0.15, 0.2) is 65.4 Å². The van der Waals surface area contributed by atoms with Crippen LogP contribution in [0.5, 0.6) is 0 Å². The topological polar surface area (TPSA) is 70.0 Å². The monoisotopic (exact) mass is 344 g/mol. The van der Waals surface area contributed by atoms with Crippen LogP contribution in [0.2, 0.25) is 0 Å². The first-order chi connectivity index (χ1) is 12.5. The van der Waals surface area contributed by atoms with E-state index in [0.29, 0.717) is 33.7 Å². The van der Waals surface area contributed by atoms with Crippen molar-refractivity contribution in [1.29, 1.82) is 5.26 Å². The summed E-state index contributed by atoms with van der Waals surface area (Å²) in [5, 5.41) is 12.8. The van der Waals surface area contributed by atoms with Gasteiger partial charge in [-0.05, 0) is 24.6 Å². The molecule has 0 radical (unpaired) electrons. The third-order valence-corrected chi connectivity index (χ3v) is 4.78. The van der Waals surface area contributed by atoms with E-state index >= 15 is 0 Å². The largest absolute Gasteiger partial charge is 0.357 e. The van der Waals surface area contributed by atoms with E-state index in [-0.39, 0.29) is 5.57 Å². The van der Waals surface area contributed by atoms with Gasteiger partial charge in [-0.1, -0.05) is 36.4 Å². The quantitative estimate of drug-likeness (QED) is 0.804. The van der Waals surface area contributed by atoms with Crippen LogP contribution >= 0.6 is 0 Å². The minimum absolute atomic E-state index is 0.238. The van der Waals surface area contributed by atoms with Gasteiger partial charge in [0.25, 0.3) is 0 Å². The van der Waals surface area contributed by atoms with Crippen LogP contribution in [-0.4, -0.2) is 11.6 Å². The number of nitriles is 1. The molecule has 5 heteroatoms. The number of nitrogens with one attached hydrogen (secondary N) is 1. The fraction of sp³-hybridized carbons (Fsp3) is 0.0952. The summed E-state index contributed by atoms with van der Waals surface area (Å²) in [6.45, 7) is 1.75. The molecule has 26 heavy (non-hydrogen) atoms. The molecule has 1 atom stereocenters. The maximum atomic E-state index is 13.4. The first-order valence-electron chi connectivity index (χ1n) is 8.09. The number of rotatable bonds is 1. The summed E-state index contributed by atoms with van der Waals surface area (Å²) in [6.07, 6.45) is 0. The van der Waals surface area contributed by atoms with Crippen molar-refractivity contribution in [3.05, 3.63) is 87.9 Å². The Kier molecular flexibility index (Phi) is 3.55. The summed E-state index contributed by atoms with van der Waals surface area (Å²) in [5.74, 6) is -2.35. The second-order valence-electron chi connectivity index (χ2n) is 6.25. The molecular weight excluding hydrogens is 331 g/mol. The molecule has 1 unspecified atom stereocenters. The third-order valence-electron chi connectivity index (χ3n) is 4.78. The van der Waals surface area contributed by atoms with E-state index in [9.17, 15) is 19.2 Å². The van der Waals surface area contributed by atoms with Crippen LogP contribution in [0.1, 0.15) is 34.3 Å². The predicted octanol–water partition coefficient (Wildman–Crippen LogP) is 3.49. The van der Waals surface area contributed by atoms with E-state index in [1.54, 1.807) is 43.3 Å². The van der Waals surface area contributed by atoms with Crippen LogP contribution in [0.3, 0.4) is 0 Å². The van der Waals surface area contributed by atoms with Crippen LogP contribution in [0, 0.1) is 17.1 Å². The highest BCUT2D eigenvalue weighted by molar-refractivity contribution is 6.52. The summed E-state index contributed by atoms with van der Waals surface area (Å²) < 4.78 is 13.4. The minimum atomic E-state index is -0.707. The molecule has 2 aromatic rings. The molecule has 1 N–H and O–H groups in total. The van der Waals surface area contributed by atoms with Crippen molar-refractivity contribution < 1.29 is 14.0 Å². The van der Waals surface area contributed by atoms with E-state index in [0.717, 1.165) is 0 Å². The van der Waals surface area contributed by atoms with E-state index in [1.165, 1.54) is 12.1 Å². The Morgan fingerprint density at radius 3 is 2.31 bits per heavy atom. The standard InChI is InChI=1S/C21H13FN2O2/c1-11-16(10-23)17(12-6-8-13(22)9-7-12)18-19(24-11)14-4-2-3-5-15(14)20(25)21(18)26/h2-9,17,24H,1H3. The molecule has 1 aliphatic heterocycles. The number of ketones is 2. The molecule has 1 aliphatic carbocycles. The second-order valence-corrected chi connectivity index (χ2v) is 6.25. The number of hydrogen-bond acceptors (Lipinski definition) is 4. The molecule has 0 amide bonds. The maximum absolute atomic E-state index is 13.4. The molecule has 126 valence electrons. The SMILES string of the molecule is CC1=C(C#N)C(c2ccc(F)cc2)C2=C(N1)c1ccccc1C(=O)C2=O. The lowest BCUT2D eigenvalue weighted by atomic mass is 9.73. The fourth-order valence-electron chi connectivity index (χ4n) is 3.57. The summed E-state index contributed by atoms with van der Waals surface area (Å²) in [5.41, 5.74) is 3.30. The number of fused-ring (bicyclic) bond motifs is 2. The summed E-state index contributed by atoms with van der Waals surface area (Å²) >= 11 is 0. The van der Waals surface area contributed by atoms with Gasteiger partial charge < -0.3 is 5.32 Å². The van der Waals surface area contributed by atoms with Crippen molar-refractivity contribution in [3.63, 3.8) is 0 Å². The predicted molar refractivity (Wildman–Crippen MR) is 93.3 cm³/mol. The molecule has 0 saturated carbocycles. The van der Waals surface area contributed by atoms with E-state index in [4.69, 9.17) is 0 Å². The molecule has 4 rings (SSSR count). The molecular formula is C21H13FN2O2. The zero-order valence-corrected chi connectivity index (χ0v) is 13.8. The van der Waals surface area contributed by atoms with Crippen molar-refractivity contribution in [2.24, 2.45) is 0 Å². The number of carbonyl (C=O) groups excluding carboxylic acids is 2. The zero-order chi connectivity index (χ0) is 18.4. The number of dihydropyridines is 1. The van der Waals surface area contributed by atoms with Gasteiger partial charge in [0.15, 0.2) is 0 Å². The Morgan fingerprint density at radius 2 is 1.65 bits per heavy atom. The number of benzene rings is 2. The van der Waals surface area contributed by atoms with Crippen LogP contribution in [0.4, 0.5) is 4.39 Å². The summed E-state index contributed by atoms with van der Waals surface area (Å²) in [4.78, 5) is 25.5. The minimum Gasteiger partial charge on any atom is -0.357 e. The Morgan fingerprint density at radius 1 is 1.00 bits per heavy atom. The van der Waals surface area contributed by atoms with Crippen LogP contribution in [-0.2, 0) is 4.79 Å². The average Bonchev–Trinajstić information content (AvgIpc) is 2.66. The molecule has 2 aliphatic rings. The zero-order valence-electron chi connectivity index (χ0n) is 13.8. The van der Waals surface area contributed by atoms with Gasteiger partial charge in [0.1, 0.15) is 5.82 Å². The highest BCUT2D eigenvalue weighted by atomic mass is 19.1. The highest BCUT2D eigenvalue weighted by Gasteiger charge is 2.41. The lowest BCUT2D eigenvalue weighted by molar-refractivity contribution is -0.112. The number of halogens is 1. The van der Waals surface area contributed by atoms with Gasteiger partial charge >= 0.3 is 0 Å². The second kappa shape index (κ2) is 5.78. The highest BCUT2D eigenvalue weighted by Crippen LogP contribution is 2.43. The smallest absolute Gasteiger partial charge is 0.233 e. The van der Waals surface area contributed by atoms with Crippen LogP contribution in [0.25, 0.3) is 5.70 Å². The summed E-state index contributed by atoms with van der Waals surface area (Å²) in [7, 11) is 0. The summed E-state index contributed by atoms with van der Waals surface area (Å²) in [6, 6.07) is 14.7. The Bertz CT molecular complexity index is 1070. The van der Waals surface area contributed by atoms with E-state index in [2.05, 4.69) is 11.4 Å². The number of hydrogen-bond donors (Lipinski definition) is 1. The Hall–Kier alpha value is -3.52. The van der Waals surface area contributed by atoms with Crippen molar-refractivity contribution in [1.82, 2.24) is 5.32 Å². The van der Waals surface area contributed by atoms with Gasteiger partial charge in [0.05, 0.1) is 23.3 Å². The van der Waals surface area contributed by atoms with Gasteiger partial charge in [-0.3, -0.25) is 9.59 Å². The number of allylic oxidation sites excluding steroid dienone is 3. The average molecular weight is 344 g/mol. The molecule has 1 heterocycles. The lowest BCUT2D eigenvalue weighted by Crippen LogP contribution is -2.35. The molecule has 0 fully saturated rings. The lowest BCUT2D eigenvalue weighted by Gasteiger charge is -2.33. The Balaban J connectivity index is 2.01. The van der Waals surface area contributed by atoms with Crippen molar-refractivity contribution in [3.8, 4) is 6.07 Å². The van der Waals surface area contributed by atoms with Gasteiger partial charge in [0.2, 0.25) is 11.6 Å². The fourth-order valence-corrected chi connectivity index (χ4v) is 3.57. The van der Waals surface area contributed by atoms with E-state index in [1.807, 2.05) is 0 Å². The van der Waals surface area contributed by atoms with E-state index < -0.39 is 23.3 Å². The number of Topliss-reactive ketones (excluding diaryl/α,β-unsaturated/α-hetero) is 2. The normalized spacial score (nSPS) is 18.9. The third kappa shape index (κ3) is 2.20. The van der Waals surface area contributed by atoms with Gasteiger partial charge in [-0.2, -0.15) is 5.26 Å². The maximum Gasteiger partial charge on any atom is 0.233 e. The number of carbonyl (C=O) groups is 2. The van der Waals surface area contributed by atoms with Crippen molar-refractivity contribution in [2.45, 2.75) is 12.8 Å². The molecule has 0 saturated heterocycles. The molecule has 2 aromatic carbocycles. The molecule has 4 nitrogen and oxygen atoms in total. The molecule has 0 aromatic heterocycles. The van der Waals surface area contributed by atoms with Gasteiger partial charge in [-0.15, -0.1) is 0 Å². The van der Waals surface area contributed by atoms with Gasteiger partial charge in [-0.25, -0.2) is 4.39 Å². The van der Waals surface area contributed by atoms with Crippen molar-refractivity contribution >= 4 is 17.3 Å². The van der Waals surface area contributed by atoms with Crippen LogP contribution < -0.4 is 5.32 Å². The first-order valence-corrected chi connectivity index (χ1v) is 8.09. The molecule has 0 bridgehead atoms.